The minimum atomic E-state index is -4.56. The number of nitrogens with zero attached hydrogens (tertiary/aromatic N) is 1. The monoisotopic (exact) mass is 580 g/mol. The lowest BCUT2D eigenvalue weighted by molar-refractivity contribution is -0.121. The summed E-state index contributed by atoms with van der Waals surface area (Å²) >= 11 is 0. The first-order valence-corrected chi connectivity index (χ1v) is 14.8. The Balaban J connectivity index is 1.84. The van der Waals surface area contributed by atoms with Crippen LogP contribution in [0.1, 0.15) is 50.7 Å². The molecule has 0 radical (unpaired) electrons. The summed E-state index contributed by atoms with van der Waals surface area (Å²) in [6.45, 7) is 3.75. The van der Waals surface area contributed by atoms with Crippen LogP contribution in [0.3, 0.4) is 0 Å². The summed E-state index contributed by atoms with van der Waals surface area (Å²) in [5, 5.41) is 22.5. The van der Waals surface area contributed by atoms with Gasteiger partial charge in [0.1, 0.15) is 22.0 Å². The van der Waals surface area contributed by atoms with Crippen molar-refractivity contribution in [2.45, 2.75) is 49.8 Å². The van der Waals surface area contributed by atoms with Gasteiger partial charge in [-0.2, -0.15) is 16.8 Å². The molecule has 39 heavy (non-hydrogen) atoms. The number of nitrogens with one attached hydrogen (secondary N) is 3. The van der Waals surface area contributed by atoms with Crippen molar-refractivity contribution >= 4 is 55.1 Å². The zero-order chi connectivity index (χ0) is 28.8. The average molecular weight is 581 g/mol. The minimum Gasteiger partial charge on any atom is -0.506 e. The van der Waals surface area contributed by atoms with Gasteiger partial charge in [0.05, 0.1) is 16.8 Å². The normalized spacial score (nSPS) is 17.4. The highest BCUT2D eigenvalue weighted by molar-refractivity contribution is 7.91. The number of aliphatic hydroxyl groups excluding tert-OH is 1. The van der Waals surface area contributed by atoms with Crippen LogP contribution in [-0.2, 0) is 30.4 Å². The van der Waals surface area contributed by atoms with E-state index in [1.807, 2.05) is 18.6 Å². The van der Waals surface area contributed by atoms with E-state index in [0.717, 1.165) is 18.2 Å². The fraction of sp³-hybridized carbons (Fsp3) is 0.292. The van der Waals surface area contributed by atoms with E-state index in [2.05, 4.69) is 9.71 Å². The molecule has 2 aromatic rings. The van der Waals surface area contributed by atoms with Crippen molar-refractivity contribution in [1.29, 1.82) is 0 Å². The molecule has 0 unspecified atom stereocenters. The highest BCUT2D eigenvalue weighted by Gasteiger charge is 2.48. The first-order chi connectivity index (χ1) is 18.2. The van der Waals surface area contributed by atoms with Crippen molar-refractivity contribution in [2.75, 3.05) is 10.0 Å². The molecule has 15 heteroatoms. The van der Waals surface area contributed by atoms with Gasteiger partial charge in [-0.3, -0.25) is 9.52 Å². The number of hydrogen-bond acceptors (Lipinski definition) is 8. The van der Waals surface area contributed by atoms with Crippen molar-refractivity contribution in [3.63, 3.8) is 0 Å². The number of anilines is 2. The highest BCUT2D eigenvalue weighted by atomic mass is 32.2. The Morgan fingerprint density at radius 3 is 2.41 bits per heavy atom. The summed E-state index contributed by atoms with van der Waals surface area (Å²) < 4.78 is 71.2. The van der Waals surface area contributed by atoms with Gasteiger partial charge in [0.25, 0.3) is 10.0 Å². The number of benzene rings is 2. The molecule has 4 rings (SSSR count). The van der Waals surface area contributed by atoms with E-state index >= 15 is 0 Å². The van der Waals surface area contributed by atoms with Crippen molar-refractivity contribution in [1.82, 2.24) is 4.72 Å². The number of hydrogen-bond donors (Lipinski definition) is 5. The summed E-state index contributed by atoms with van der Waals surface area (Å²) in [7, 11) is -9.12. The van der Waals surface area contributed by atoms with Crippen LogP contribution in [-0.4, -0.2) is 44.8 Å². The lowest BCUT2D eigenvalue weighted by atomic mass is 9.63. The molecular formula is C24H25FN4O8S2. The molecule has 0 saturated carbocycles. The van der Waals surface area contributed by atoms with Gasteiger partial charge in [0, 0.05) is 5.56 Å². The SMILES string of the molecule is CCCC1(CCC)C(=O)C(C2=NS(=O)(=O)c3cc(NS(=O)(=O)NC(=O)O)ccc3N2)=C(O)c2cc(F)ccc21. The molecule has 1 aliphatic heterocycles. The van der Waals surface area contributed by atoms with E-state index in [0.29, 0.717) is 31.2 Å². The maximum atomic E-state index is 14.3. The summed E-state index contributed by atoms with van der Waals surface area (Å²) in [5.41, 5.74) is -1.40. The topological polar surface area (TPSA) is 191 Å². The van der Waals surface area contributed by atoms with Crippen LogP contribution in [0.4, 0.5) is 20.6 Å². The van der Waals surface area contributed by atoms with Gasteiger partial charge in [-0.15, -0.1) is 4.40 Å². The predicted molar refractivity (Wildman–Crippen MR) is 141 cm³/mol. The van der Waals surface area contributed by atoms with Crippen molar-refractivity contribution in [3.8, 4) is 0 Å². The van der Waals surface area contributed by atoms with E-state index in [1.165, 1.54) is 22.9 Å². The molecule has 5 N–H and O–H groups in total. The lowest BCUT2D eigenvalue weighted by Crippen LogP contribution is -2.44. The summed E-state index contributed by atoms with van der Waals surface area (Å²) in [6.07, 6.45) is 0.0251. The minimum absolute atomic E-state index is 0.0647. The first kappa shape index (κ1) is 28.0. The molecule has 1 aliphatic carbocycles. The van der Waals surface area contributed by atoms with Gasteiger partial charge in [-0.25, -0.2) is 13.9 Å². The number of fused-ring (bicyclic) bond motifs is 2. The molecule has 0 bridgehead atoms. The van der Waals surface area contributed by atoms with Gasteiger partial charge in [-0.1, -0.05) is 32.8 Å². The van der Waals surface area contributed by atoms with Gasteiger partial charge in [0.2, 0.25) is 0 Å². The standard InChI is InChI=1S/C24H25FN4O8S2/c1-3-9-24(10-4-2)16-7-5-13(25)11-15(16)20(30)19(21(24)31)22-26-17-8-6-14(12-18(17)38(34,35)28-22)27-39(36,37)29-23(32)33/h5-8,11-12,27,29-30H,3-4,9-10H2,1-2H3,(H,26,28)(H,32,33). The number of sulfonamides is 1. The Kier molecular flexibility index (Phi) is 7.16. The molecule has 2 aromatic carbocycles. The number of carboxylic acid groups (broad SMARTS) is 1. The second-order valence-corrected chi connectivity index (χ2v) is 12.1. The van der Waals surface area contributed by atoms with Crippen molar-refractivity contribution in [3.05, 3.63) is 58.9 Å². The quantitative estimate of drug-likeness (QED) is 0.310. The van der Waals surface area contributed by atoms with Crippen LogP contribution in [0.15, 0.2) is 51.3 Å². The number of amides is 1. The van der Waals surface area contributed by atoms with Crippen LogP contribution < -0.4 is 14.8 Å². The number of amidine groups is 1. The van der Waals surface area contributed by atoms with E-state index in [4.69, 9.17) is 5.11 Å². The second kappa shape index (κ2) is 9.96. The first-order valence-electron chi connectivity index (χ1n) is 11.8. The molecule has 208 valence electrons. The zero-order valence-corrected chi connectivity index (χ0v) is 22.4. The Hall–Kier alpha value is -3.98. The van der Waals surface area contributed by atoms with Crippen molar-refractivity contribution in [2.24, 2.45) is 4.40 Å². The van der Waals surface area contributed by atoms with Crippen LogP contribution in [0.2, 0.25) is 0 Å². The molecule has 1 amide bonds. The molecule has 1 heterocycles. The number of Topliss-reactive ketones (excluding diaryl/α,β-unsaturated/α-hetero) is 1. The average Bonchev–Trinajstić information content (AvgIpc) is 2.82. The molecule has 12 nitrogen and oxygen atoms in total. The van der Waals surface area contributed by atoms with Gasteiger partial charge in [-0.05, 0) is 48.7 Å². The van der Waals surface area contributed by atoms with Crippen LogP contribution >= 0.6 is 0 Å². The Morgan fingerprint density at radius 1 is 1.13 bits per heavy atom. The molecule has 0 atom stereocenters. The fourth-order valence-electron chi connectivity index (χ4n) is 5.05. The van der Waals surface area contributed by atoms with E-state index in [1.54, 1.807) is 0 Å². The largest absolute Gasteiger partial charge is 0.506 e. The molecule has 0 spiro atoms. The maximum Gasteiger partial charge on any atom is 0.419 e. The Morgan fingerprint density at radius 2 is 1.79 bits per heavy atom. The third-order valence-electron chi connectivity index (χ3n) is 6.44. The summed E-state index contributed by atoms with van der Waals surface area (Å²) in [5.74, 6) is -2.29. The Bertz CT molecular complexity index is 1660. The van der Waals surface area contributed by atoms with Crippen LogP contribution in [0.5, 0.6) is 0 Å². The van der Waals surface area contributed by atoms with E-state index in [-0.39, 0.29) is 16.9 Å². The fourth-order valence-corrected chi connectivity index (χ4v) is 6.92. The number of halogens is 1. The zero-order valence-electron chi connectivity index (χ0n) is 20.8. The van der Waals surface area contributed by atoms with Crippen LogP contribution in [0, 0.1) is 5.82 Å². The molecular weight excluding hydrogens is 555 g/mol. The third-order valence-corrected chi connectivity index (χ3v) is 8.70. The number of carbonyl (C=O) groups excluding carboxylic acids is 1. The summed E-state index contributed by atoms with van der Waals surface area (Å²) in [6, 6.07) is 7.02. The number of aliphatic hydroxyl groups is 1. The number of carbonyl (C=O) groups is 2. The maximum absolute atomic E-state index is 14.3. The van der Waals surface area contributed by atoms with Crippen molar-refractivity contribution < 1.29 is 41.0 Å². The van der Waals surface area contributed by atoms with Crippen LogP contribution in [0.25, 0.3) is 5.76 Å². The lowest BCUT2D eigenvalue weighted by Gasteiger charge is -2.39. The Labute approximate surface area is 223 Å². The smallest absolute Gasteiger partial charge is 0.419 e. The molecule has 0 saturated heterocycles. The highest BCUT2D eigenvalue weighted by Crippen LogP contribution is 2.46. The number of rotatable bonds is 8. The van der Waals surface area contributed by atoms with E-state index in [9.17, 15) is 35.9 Å². The van der Waals surface area contributed by atoms with Gasteiger partial charge < -0.3 is 15.5 Å². The molecule has 2 aliphatic rings. The molecule has 0 aromatic heterocycles. The van der Waals surface area contributed by atoms with Gasteiger partial charge >= 0.3 is 16.3 Å². The predicted octanol–water partition coefficient (Wildman–Crippen LogP) is 3.65. The van der Waals surface area contributed by atoms with E-state index < -0.39 is 65.4 Å². The van der Waals surface area contributed by atoms with Gasteiger partial charge in [0.15, 0.2) is 11.6 Å². The second-order valence-electron chi connectivity index (χ2n) is 9.09. The summed E-state index contributed by atoms with van der Waals surface area (Å²) in [4.78, 5) is 24.3. The third kappa shape index (κ3) is 5.06. The molecule has 0 fully saturated rings. The number of ketones is 1.